The number of rotatable bonds is 9. The van der Waals surface area contributed by atoms with E-state index < -0.39 is 5.91 Å². The zero-order valence-electron chi connectivity index (χ0n) is 20.6. The first-order valence-corrected chi connectivity index (χ1v) is 12.6. The van der Waals surface area contributed by atoms with Crippen LogP contribution in [0.3, 0.4) is 0 Å². The quantitative estimate of drug-likeness (QED) is 0.166. The molecule has 0 bridgehead atoms. The van der Waals surface area contributed by atoms with Gasteiger partial charge in [-0.15, -0.1) is 0 Å². The number of hydrogen-bond donors (Lipinski definition) is 1. The van der Waals surface area contributed by atoms with E-state index in [1.807, 2.05) is 37.3 Å². The Hall–Kier alpha value is -4.41. The van der Waals surface area contributed by atoms with Crippen LogP contribution >= 0.6 is 15.9 Å². The molecule has 0 aliphatic rings. The van der Waals surface area contributed by atoms with E-state index in [0.717, 1.165) is 15.6 Å². The van der Waals surface area contributed by atoms with Crippen LogP contribution in [0.5, 0.6) is 11.5 Å². The molecule has 0 saturated carbocycles. The van der Waals surface area contributed by atoms with Crippen LogP contribution in [0.25, 0.3) is 6.08 Å². The molecular weight excluding hydrogens is 547 g/mol. The summed E-state index contributed by atoms with van der Waals surface area (Å²) in [4.78, 5) is 12.9. The van der Waals surface area contributed by atoms with Crippen LogP contribution in [0, 0.1) is 24.1 Å². The van der Waals surface area contributed by atoms with Crippen molar-refractivity contribution in [2.75, 3.05) is 5.32 Å². The Morgan fingerprint density at radius 3 is 2.21 bits per heavy atom. The smallest absolute Gasteiger partial charge is 0.266 e. The number of aryl methyl sites for hydroxylation is 1. The molecule has 1 amide bonds. The second-order valence-electron chi connectivity index (χ2n) is 8.52. The normalized spacial score (nSPS) is 10.9. The summed E-state index contributed by atoms with van der Waals surface area (Å²) in [6.45, 7) is 2.67. The molecule has 0 radical (unpaired) electrons. The summed E-state index contributed by atoms with van der Waals surface area (Å²) in [5, 5.41) is 12.4. The van der Waals surface area contributed by atoms with Crippen LogP contribution in [-0.2, 0) is 18.0 Å². The van der Waals surface area contributed by atoms with Gasteiger partial charge in [0.05, 0.1) is 0 Å². The van der Waals surface area contributed by atoms with Crippen molar-refractivity contribution >= 4 is 33.6 Å². The highest BCUT2D eigenvalue weighted by Gasteiger charge is 2.12. The molecule has 0 atom stereocenters. The number of halogens is 2. The second-order valence-corrected chi connectivity index (χ2v) is 9.44. The monoisotopic (exact) mass is 570 g/mol. The van der Waals surface area contributed by atoms with Gasteiger partial charge in [-0.05, 0) is 78.7 Å². The van der Waals surface area contributed by atoms with E-state index in [1.165, 1.54) is 23.8 Å². The number of ether oxygens (including phenoxy) is 2. The number of anilines is 1. The van der Waals surface area contributed by atoms with Gasteiger partial charge < -0.3 is 14.8 Å². The molecule has 0 aliphatic carbocycles. The molecule has 38 heavy (non-hydrogen) atoms. The highest BCUT2D eigenvalue weighted by molar-refractivity contribution is 9.10. The topological polar surface area (TPSA) is 71.3 Å². The third-order valence-corrected chi connectivity index (χ3v) is 6.08. The van der Waals surface area contributed by atoms with Crippen molar-refractivity contribution in [1.82, 2.24) is 0 Å². The van der Waals surface area contributed by atoms with E-state index >= 15 is 0 Å². The summed E-state index contributed by atoms with van der Waals surface area (Å²) in [6.07, 6.45) is 1.47. The molecule has 0 saturated heterocycles. The summed E-state index contributed by atoms with van der Waals surface area (Å²) < 4.78 is 25.6. The lowest BCUT2D eigenvalue weighted by Crippen LogP contribution is -2.13. The van der Waals surface area contributed by atoms with Gasteiger partial charge in [0.15, 0.2) is 0 Å². The Bertz CT molecular complexity index is 1480. The van der Waals surface area contributed by atoms with E-state index in [2.05, 4.69) is 21.2 Å². The Balaban J connectivity index is 1.41. The molecule has 5 nitrogen and oxygen atoms in total. The minimum absolute atomic E-state index is 0.0885. The standard InChI is InChI=1S/C31H24BrFN2O3/c1-21-2-4-22(5-3-21)19-37-29-13-11-28(12-14-29)35-31(36)25(18-34)16-24-17-26(32)8-15-30(24)38-20-23-6-9-27(33)10-7-23/h2-17H,19-20H2,1H3,(H,35,36)/b25-16+. The van der Waals surface area contributed by atoms with E-state index in [9.17, 15) is 14.4 Å². The van der Waals surface area contributed by atoms with E-state index in [4.69, 9.17) is 9.47 Å². The number of carbonyl (C=O) groups is 1. The van der Waals surface area contributed by atoms with Gasteiger partial charge in [-0.3, -0.25) is 4.79 Å². The van der Waals surface area contributed by atoms with Crippen LogP contribution in [0.15, 0.2) is 101 Å². The average Bonchev–Trinajstić information content (AvgIpc) is 2.92. The lowest BCUT2D eigenvalue weighted by molar-refractivity contribution is -0.112. The lowest BCUT2D eigenvalue weighted by Gasteiger charge is -2.11. The molecule has 4 aromatic carbocycles. The number of hydrogen-bond acceptors (Lipinski definition) is 4. The van der Waals surface area contributed by atoms with E-state index in [-0.39, 0.29) is 18.0 Å². The van der Waals surface area contributed by atoms with Crippen LogP contribution in [-0.4, -0.2) is 5.91 Å². The molecule has 0 unspecified atom stereocenters. The number of benzene rings is 4. The van der Waals surface area contributed by atoms with Crippen molar-refractivity contribution < 1.29 is 18.7 Å². The van der Waals surface area contributed by atoms with E-state index in [1.54, 1.807) is 54.6 Å². The predicted molar refractivity (Wildman–Crippen MR) is 149 cm³/mol. The largest absolute Gasteiger partial charge is 0.489 e. The van der Waals surface area contributed by atoms with Crippen molar-refractivity contribution in [2.45, 2.75) is 20.1 Å². The molecule has 0 aliphatic heterocycles. The van der Waals surface area contributed by atoms with E-state index in [0.29, 0.717) is 29.4 Å². The van der Waals surface area contributed by atoms with Gasteiger partial charge in [0.25, 0.3) is 5.91 Å². The molecular formula is C31H24BrFN2O3. The lowest BCUT2D eigenvalue weighted by atomic mass is 10.1. The molecule has 0 heterocycles. The first kappa shape index (κ1) is 26.6. The fourth-order valence-corrected chi connectivity index (χ4v) is 3.87. The Kier molecular flexibility index (Phi) is 8.91. The average molecular weight is 571 g/mol. The highest BCUT2D eigenvalue weighted by atomic mass is 79.9. The first-order valence-electron chi connectivity index (χ1n) is 11.8. The zero-order chi connectivity index (χ0) is 26.9. The summed E-state index contributed by atoms with van der Waals surface area (Å²) in [7, 11) is 0. The predicted octanol–water partition coefficient (Wildman–Crippen LogP) is 7.60. The molecule has 4 rings (SSSR count). The van der Waals surface area contributed by atoms with Gasteiger partial charge in [-0.1, -0.05) is 57.9 Å². The van der Waals surface area contributed by atoms with Crippen LogP contribution in [0.4, 0.5) is 10.1 Å². The third-order valence-electron chi connectivity index (χ3n) is 5.58. The first-order chi connectivity index (χ1) is 18.4. The van der Waals surface area contributed by atoms with Crippen LogP contribution < -0.4 is 14.8 Å². The molecule has 0 spiro atoms. The maximum absolute atomic E-state index is 13.2. The molecule has 190 valence electrons. The Labute approximate surface area is 229 Å². The van der Waals surface area contributed by atoms with Crippen molar-refractivity contribution in [2.24, 2.45) is 0 Å². The minimum atomic E-state index is -0.551. The van der Waals surface area contributed by atoms with Gasteiger partial charge in [0, 0.05) is 15.7 Å². The molecule has 0 fully saturated rings. The van der Waals surface area contributed by atoms with Gasteiger partial charge in [0.2, 0.25) is 0 Å². The summed E-state index contributed by atoms with van der Waals surface area (Å²) in [5.74, 6) is 0.269. The molecule has 4 aromatic rings. The summed E-state index contributed by atoms with van der Waals surface area (Å²) in [5.41, 5.74) is 4.02. The van der Waals surface area contributed by atoms with Gasteiger partial charge >= 0.3 is 0 Å². The fraction of sp³-hybridized carbons (Fsp3) is 0.0968. The maximum atomic E-state index is 13.2. The number of amides is 1. The van der Waals surface area contributed by atoms with Gasteiger partial charge in [-0.2, -0.15) is 5.26 Å². The number of nitriles is 1. The van der Waals surface area contributed by atoms with Crippen molar-refractivity contribution in [3.8, 4) is 17.6 Å². The summed E-state index contributed by atoms with van der Waals surface area (Å²) >= 11 is 3.42. The number of nitrogens with zero attached hydrogens (tertiary/aromatic N) is 1. The minimum Gasteiger partial charge on any atom is -0.489 e. The Morgan fingerprint density at radius 1 is 0.921 bits per heavy atom. The zero-order valence-corrected chi connectivity index (χ0v) is 22.2. The van der Waals surface area contributed by atoms with Crippen molar-refractivity contribution in [3.05, 3.63) is 129 Å². The molecule has 1 N–H and O–H groups in total. The van der Waals surface area contributed by atoms with Crippen LogP contribution in [0.1, 0.15) is 22.3 Å². The molecule has 7 heteroatoms. The number of carbonyl (C=O) groups excluding carboxylic acids is 1. The highest BCUT2D eigenvalue weighted by Crippen LogP contribution is 2.27. The van der Waals surface area contributed by atoms with Crippen molar-refractivity contribution in [3.63, 3.8) is 0 Å². The fourth-order valence-electron chi connectivity index (χ4n) is 3.49. The maximum Gasteiger partial charge on any atom is 0.266 e. The number of nitrogens with one attached hydrogen (secondary N) is 1. The SMILES string of the molecule is Cc1ccc(COc2ccc(NC(=O)/C(C#N)=C/c3cc(Br)ccc3OCc3ccc(F)cc3)cc2)cc1. The van der Waals surface area contributed by atoms with Crippen molar-refractivity contribution in [1.29, 1.82) is 5.26 Å². The third kappa shape index (κ3) is 7.55. The second kappa shape index (κ2) is 12.7. The Morgan fingerprint density at radius 2 is 1.55 bits per heavy atom. The van der Waals surface area contributed by atoms with Gasteiger partial charge in [0.1, 0.15) is 42.2 Å². The van der Waals surface area contributed by atoms with Crippen LogP contribution in [0.2, 0.25) is 0 Å². The summed E-state index contributed by atoms with van der Waals surface area (Å²) in [6, 6.07) is 28.3. The van der Waals surface area contributed by atoms with Gasteiger partial charge in [-0.25, -0.2) is 4.39 Å². The molecule has 0 aromatic heterocycles.